The van der Waals surface area contributed by atoms with E-state index in [0.717, 1.165) is 4.57 Å². The van der Waals surface area contributed by atoms with Crippen LogP contribution in [0.5, 0.6) is 17.4 Å². The van der Waals surface area contributed by atoms with Crippen molar-refractivity contribution in [1.82, 2.24) is 4.57 Å². The zero-order valence-corrected chi connectivity index (χ0v) is 15.6. The molecule has 2 rings (SSSR count). The highest BCUT2D eigenvalue weighted by Gasteiger charge is 2.18. The van der Waals surface area contributed by atoms with Gasteiger partial charge >= 0.3 is 0 Å². The van der Waals surface area contributed by atoms with Gasteiger partial charge in [0.25, 0.3) is 5.56 Å². The molecular formula is C19H21N3O5. The zero-order valence-electron chi connectivity index (χ0n) is 15.6. The molecule has 0 saturated heterocycles. The molecule has 0 fully saturated rings. The molecule has 8 nitrogen and oxygen atoms in total. The van der Waals surface area contributed by atoms with Gasteiger partial charge in [-0.2, -0.15) is 5.26 Å². The minimum atomic E-state index is -0.569. The lowest BCUT2D eigenvalue weighted by Crippen LogP contribution is -2.26. The summed E-state index contributed by atoms with van der Waals surface area (Å²) in [4.78, 5) is 16.8. The van der Waals surface area contributed by atoms with Crippen LogP contribution in [0.1, 0.15) is 16.7 Å². The molecule has 0 spiro atoms. The Balaban J connectivity index is 2.61. The maximum atomic E-state index is 12.4. The molecule has 142 valence electrons. The fourth-order valence-corrected chi connectivity index (χ4v) is 2.55. The second kappa shape index (κ2) is 8.87. The highest BCUT2D eigenvalue weighted by Crippen LogP contribution is 2.32. The molecule has 1 aromatic heterocycles. The molecule has 0 amide bonds. The number of pyridine rings is 1. The van der Waals surface area contributed by atoms with Crippen LogP contribution < -0.4 is 15.0 Å². The van der Waals surface area contributed by atoms with E-state index in [1.165, 1.54) is 27.5 Å². The SMILES string of the molecule is COCCn1c(O)c(C=Nc2cc(OC)ccc2OC)c(C)c(C#N)c1=O. The number of rotatable bonds is 7. The van der Waals surface area contributed by atoms with Crippen LogP contribution in [0.25, 0.3) is 0 Å². The van der Waals surface area contributed by atoms with Crippen LogP contribution in [-0.2, 0) is 11.3 Å². The van der Waals surface area contributed by atoms with Gasteiger partial charge in [-0.1, -0.05) is 0 Å². The predicted molar refractivity (Wildman–Crippen MR) is 100 cm³/mol. The Bertz CT molecular complexity index is 957. The summed E-state index contributed by atoms with van der Waals surface area (Å²) in [5, 5.41) is 19.9. The van der Waals surface area contributed by atoms with Gasteiger partial charge in [0.15, 0.2) is 0 Å². The first-order chi connectivity index (χ1) is 13.0. The zero-order chi connectivity index (χ0) is 20.0. The second-order valence-corrected chi connectivity index (χ2v) is 5.59. The first-order valence-electron chi connectivity index (χ1n) is 8.09. The maximum absolute atomic E-state index is 12.4. The summed E-state index contributed by atoms with van der Waals surface area (Å²) >= 11 is 0. The third-order valence-electron chi connectivity index (χ3n) is 4.08. The summed E-state index contributed by atoms with van der Waals surface area (Å²) in [6.07, 6.45) is 1.39. The van der Waals surface area contributed by atoms with Crippen molar-refractivity contribution in [2.24, 2.45) is 4.99 Å². The van der Waals surface area contributed by atoms with Crippen molar-refractivity contribution in [2.75, 3.05) is 27.9 Å². The fourth-order valence-electron chi connectivity index (χ4n) is 2.55. The number of hydrogen-bond donors (Lipinski definition) is 1. The standard InChI is InChI=1S/C19H21N3O5/c1-12-14(10-20)18(23)22(7-8-25-2)19(24)15(12)11-21-16-9-13(26-3)5-6-17(16)27-4/h5-6,9,11,24H,7-8H2,1-4H3. The van der Waals surface area contributed by atoms with Crippen molar-refractivity contribution >= 4 is 11.9 Å². The molecule has 0 aliphatic rings. The van der Waals surface area contributed by atoms with E-state index in [9.17, 15) is 15.2 Å². The Morgan fingerprint density at radius 1 is 1.30 bits per heavy atom. The smallest absolute Gasteiger partial charge is 0.271 e. The summed E-state index contributed by atoms with van der Waals surface area (Å²) in [6.45, 7) is 1.91. The largest absolute Gasteiger partial charge is 0.497 e. The van der Waals surface area contributed by atoms with Crippen molar-refractivity contribution in [2.45, 2.75) is 13.5 Å². The monoisotopic (exact) mass is 371 g/mol. The van der Waals surface area contributed by atoms with Crippen LogP contribution in [0.15, 0.2) is 28.0 Å². The fraction of sp³-hybridized carbons (Fsp3) is 0.316. The molecule has 0 unspecified atom stereocenters. The van der Waals surface area contributed by atoms with Gasteiger partial charge in [0.05, 0.1) is 32.9 Å². The van der Waals surface area contributed by atoms with E-state index < -0.39 is 5.56 Å². The summed E-state index contributed by atoms with van der Waals surface area (Å²) in [5.41, 5.74) is 0.471. The molecule has 0 bridgehead atoms. The summed E-state index contributed by atoms with van der Waals surface area (Å²) in [7, 11) is 4.54. The number of hydrogen-bond acceptors (Lipinski definition) is 7. The van der Waals surface area contributed by atoms with Crippen molar-refractivity contribution < 1.29 is 19.3 Å². The molecule has 1 heterocycles. The van der Waals surface area contributed by atoms with Crippen LogP contribution in [-0.4, -0.2) is 43.8 Å². The second-order valence-electron chi connectivity index (χ2n) is 5.59. The van der Waals surface area contributed by atoms with Crippen LogP contribution in [0, 0.1) is 18.3 Å². The van der Waals surface area contributed by atoms with E-state index >= 15 is 0 Å². The molecule has 27 heavy (non-hydrogen) atoms. The molecule has 0 aliphatic heterocycles. The van der Waals surface area contributed by atoms with Crippen molar-refractivity contribution in [3.63, 3.8) is 0 Å². The molecule has 8 heteroatoms. The van der Waals surface area contributed by atoms with Gasteiger partial charge < -0.3 is 19.3 Å². The minimum Gasteiger partial charge on any atom is -0.497 e. The minimum absolute atomic E-state index is 0.0528. The van der Waals surface area contributed by atoms with Gasteiger partial charge in [0.1, 0.15) is 28.8 Å². The van der Waals surface area contributed by atoms with Gasteiger partial charge in [-0.25, -0.2) is 0 Å². The molecule has 2 aromatic rings. The number of ether oxygens (including phenoxy) is 3. The Labute approximate surface area is 156 Å². The average Bonchev–Trinajstić information content (AvgIpc) is 2.68. The summed E-state index contributed by atoms with van der Waals surface area (Å²) in [5.74, 6) is 0.822. The Hall–Kier alpha value is -3.31. The van der Waals surface area contributed by atoms with E-state index in [-0.39, 0.29) is 30.2 Å². The lowest BCUT2D eigenvalue weighted by atomic mass is 10.1. The van der Waals surface area contributed by atoms with Crippen LogP contribution in [0.2, 0.25) is 0 Å². The number of benzene rings is 1. The van der Waals surface area contributed by atoms with Gasteiger partial charge in [0.2, 0.25) is 5.88 Å². The average molecular weight is 371 g/mol. The highest BCUT2D eigenvalue weighted by molar-refractivity contribution is 5.88. The Kier molecular flexibility index (Phi) is 6.57. The normalized spacial score (nSPS) is 10.8. The van der Waals surface area contributed by atoms with Gasteiger partial charge in [-0.3, -0.25) is 14.4 Å². The molecule has 1 aromatic carbocycles. The number of aromatic nitrogens is 1. The van der Waals surface area contributed by atoms with Crippen molar-refractivity contribution in [1.29, 1.82) is 5.26 Å². The van der Waals surface area contributed by atoms with Crippen LogP contribution in [0.4, 0.5) is 5.69 Å². The Morgan fingerprint density at radius 3 is 2.63 bits per heavy atom. The topological polar surface area (TPSA) is 106 Å². The number of nitriles is 1. The molecule has 0 radical (unpaired) electrons. The number of aliphatic imine (C=N–C) groups is 1. The molecule has 0 aliphatic carbocycles. The van der Waals surface area contributed by atoms with Crippen molar-refractivity contribution in [3.8, 4) is 23.4 Å². The molecule has 1 N–H and O–H groups in total. The maximum Gasteiger partial charge on any atom is 0.271 e. The van der Waals surface area contributed by atoms with E-state index in [2.05, 4.69) is 4.99 Å². The van der Waals surface area contributed by atoms with Gasteiger partial charge in [0, 0.05) is 19.4 Å². The summed E-state index contributed by atoms with van der Waals surface area (Å²) < 4.78 is 16.5. The lowest BCUT2D eigenvalue weighted by molar-refractivity contribution is 0.182. The molecule has 0 atom stereocenters. The third kappa shape index (κ3) is 4.10. The van der Waals surface area contributed by atoms with Gasteiger partial charge in [-0.05, 0) is 24.6 Å². The first-order valence-corrected chi connectivity index (χ1v) is 8.09. The highest BCUT2D eigenvalue weighted by atomic mass is 16.5. The quantitative estimate of drug-likeness (QED) is 0.748. The van der Waals surface area contributed by atoms with Crippen molar-refractivity contribution in [3.05, 3.63) is 45.2 Å². The van der Waals surface area contributed by atoms with Crippen LogP contribution in [0.3, 0.4) is 0 Å². The number of methoxy groups -OCH3 is 3. The van der Waals surface area contributed by atoms with E-state index in [1.807, 2.05) is 6.07 Å². The van der Waals surface area contributed by atoms with E-state index in [4.69, 9.17) is 14.2 Å². The van der Waals surface area contributed by atoms with E-state index in [1.54, 1.807) is 25.1 Å². The number of nitrogens with zero attached hydrogens (tertiary/aromatic N) is 3. The van der Waals surface area contributed by atoms with E-state index in [0.29, 0.717) is 22.7 Å². The number of aromatic hydroxyl groups is 1. The molecular weight excluding hydrogens is 350 g/mol. The lowest BCUT2D eigenvalue weighted by Gasteiger charge is -2.13. The molecule has 0 saturated carbocycles. The van der Waals surface area contributed by atoms with Gasteiger partial charge in [-0.15, -0.1) is 0 Å². The Morgan fingerprint density at radius 2 is 2.04 bits per heavy atom. The summed E-state index contributed by atoms with van der Waals surface area (Å²) in [6, 6.07) is 7.01. The third-order valence-corrected chi connectivity index (χ3v) is 4.08. The predicted octanol–water partition coefficient (Wildman–Crippen LogP) is 2.15. The van der Waals surface area contributed by atoms with Crippen LogP contribution >= 0.6 is 0 Å². The first kappa shape index (κ1) is 20.0.